The molecule has 1 aliphatic rings. The van der Waals surface area contributed by atoms with Crippen LogP contribution in [0.2, 0.25) is 0 Å². The molecule has 1 rings (SSSR count). The normalized spacial score (nSPS) is 19.2. The highest BCUT2D eigenvalue weighted by atomic mass is 16.5. The van der Waals surface area contributed by atoms with Gasteiger partial charge in [-0.25, -0.2) is 4.79 Å². The number of carbonyl (C=O) groups is 1. The van der Waals surface area contributed by atoms with Crippen molar-refractivity contribution >= 4 is 5.97 Å². The summed E-state index contributed by atoms with van der Waals surface area (Å²) in [5, 5.41) is 0. The van der Waals surface area contributed by atoms with E-state index < -0.39 is 0 Å². The molecule has 0 aliphatic carbocycles. The molecule has 0 saturated carbocycles. The lowest BCUT2D eigenvalue weighted by Gasteiger charge is -2.50. The van der Waals surface area contributed by atoms with Crippen LogP contribution in [0.25, 0.3) is 0 Å². The Balaban J connectivity index is 2.56. The van der Waals surface area contributed by atoms with Crippen LogP contribution < -0.4 is 0 Å². The zero-order valence-corrected chi connectivity index (χ0v) is 10.1. The van der Waals surface area contributed by atoms with Gasteiger partial charge in [-0.2, -0.15) is 0 Å². The third kappa shape index (κ3) is 2.40. The minimum Gasteiger partial charge on any atom is -0.462 e. The van der Waals surface area contributed by atoms with Crippen LogP contribution in [0.3, 0.4) is 0 Å². The second kappa shape index (κ2) is 3.97. The monoisotopic (exact) mass is 212 g/mol. The van der Waals surface area contributed by atoms with E-state index in [9.17, 15) is 4.79 Å². The molecular weight excluding hydrogens is 192 g/mol. The summed E-state index contributed by atoms with van der Waals surface area (Å²) in [6.45, 7) is 13.4. The van der Waals surface area contributed by atoms with Crippen LogP contribution >= 0.6 is 0 Å². The quantitative estimate of drug-likeness (QED) is 0.531. The fourth-order valence-electron chi connectivity index (χ4n) is 1.41. The highest BCUT2D eigenvalue weighted by Gasteiger charge is 2.49. The number of hydrogen-bond acceptors (Lipinski definition) is 3. The molecule has 0 aromatic carbocycles. The van der Waals surface area contributed by atoms with Gasteiger partial charge >= 0.3 is 5.97 Å². The maximum Gasteiger partial charge on any atom is 0.333 e. The second-order valence-corrected chi connectivity index (χ2v) is 5.38. The number of rotatable bonds is 3. The Labute approximate surface area is 91.4 Å². The maximum atomic E-state index is 11.3. The highest BCUT2D eigenvalue weighted by Crippen LogP contribution is 2.44. The smallest absolute Gasteiger partial charge is 0.333 e. The summed E-state index contributed by atoms with van der Waals surface area (Å²) >= 11 is 0. The molecule has 0 atom stereocenters. The fourth-order valence-corrected chi connectivity index (χ4v) is 1.41. The van der Waals surface area contributed by atoms with E-state index in [0.29, 0.717) is 25.4 Å². The number of ether oxygens (including phenoxy) is 2. The van der Waals surface area contributed by atoms with Crippen LogP contribution in [0.1, 0.15) is 27.7 Å². The van der Waals surface area contributed by atoms with Gasteiger partial charge in [-0.05, 0) is 12.3 Å². The molecule has 0 unspecified atom stereocenters. The molecule has 0 bridgehead atoms. The van der Waals surface area contributed by atoms with Gasteiger partial charge in [0.15, 0.2) is 0 Å². The molecule has 1 fully saturated rings. The Hall–Kier alpha value is -0.830. The largest absolute Gasteiger partial charge is 0.462 e. The molecule has 1 aliphatic heterocycles. The van der Waals surface area contributed by atoms with Gasteiger partial charge in [-0.3, -0.25) is 0 Å². The molecule has 1 heterocycles. The van der Waals surface area contributed by atoms with E-state index in [0.717, 1.165) is 0 Å². The summed E-state index contributed by atoms with van der Waals surface area (Å²) < 4.78 is 10.5. The van der Waals surface area contributed by atoms with Crippen LogP contribution in [-0.4, -0.2) is 25.8 Å². The van der Waals surface area contributed by atoms with Gasteiger partial charge in [-0.15, -0.1) is 0 Å². The summed E-state index contributed by atoms with van der Waals surface area (Å²) in [4.78, 5) is 11.3. The molecule has 3 heteroatoms. The predicted molar refractivity (Wildman–Crippen MR) is 58.5 cm³/mol. The summed E-state index contributed by atoms with van der Waals surface area (Å²) in [5.74, 6) is -0.314. The van der Waals surface area contributed by atoms with Crippen LogP contribution in [0.4, 0.5) is 0 Å². The van der Waals surface area contributed by atoms with Gasteiger partial charge in [0.25, 0.3) is 0 Å². The van der Waals surface area contributed by atoms with Gasteiger partial charge in [0.2, 0.25) is 0 Å². The van der Waals surface area contributed by atoms with Crippen molar-refractivity contribution < 1.29 is 14.3 Å². The lowest BCUT2D eigenvalue weighted by Crippen LogP contribution is -2.55. The van der Waals surface area contributed by atoms with Crippen LogP contribution in [0.5, 0.6) is 0 Å². The van der Waals surface area contributed by atoms with Gasteiger partial charge in [-0.1, -0.05) is 27.4 Å². The average molecular weight is 212 g/mol. The SMILES string of the molecule is C=C(C)C(=O)OCC1(C(C)(C)C)COC1. The molecular formula is C12H20O3. The maximum absolute atomic E-state index is 11.3. The fraction of sp³-hybridized carbons (Fsp3) is 0.750. The lowest BCUT2D eigenvalue weighted by atomic mass is 9.65. The van der Waals surface area contributed by atoms with Crippen molar-refractivity contribution in [1.82, 2.24) is 0 Å². The van der Waals surface area contributed by atoms with Crippen molar-refractivity contribution in [2.24, 2.45) is 10.8 Å². The molecule has 15 heavy (non-hydrogen) atoms. The van der Waals surface area contributed by atoms with Crippen molar-refractivity contribution in [1.29, 1.82) is 0 Å². The Morgan fingerprint density at radius 3 is 2.27 bits per heavy atom. The summed E-state index contributed by atoms with van der Waals surface area (Å²) in [6, 6.07) is 0. The molecule has 0 radical (unpaired) electrons. The first kappa shape index (κ1) is 12.2. The Morgan fingerprint density at radius 1 is 1.47 bits per heavy atom. The lowest BCUT2D eigenvalue weighted by molar-refractivity contribution is -0.201. The molecule has 0 aromatic heterocycles. The van der Waals surface area contributed by atoms with E-state index in [-0.39, 0.29) is 16.8 Å². The molecule has 86 valence electrons. The van der Waals surface area contributed by atoms with E-state index in [1.165, 1.54) is 0 Å². The van der Waals surface area contributed by atoms with Crippen molar-refractivity contribution in [3.8, 4) is 0 Å². The number of hydrogen-bond donors (Lipinski definition) is 0. The summed E-state index contributed by atoms with van der Waals surface area (Å²) in [5.41, 5.74) is 0.498. The first-order valence-corrected chi connectivity index (χ1v) is 5.19. The first-order chi connectivity index (χ1) is 6.78. The van der Waals surface area contributed by atoms with E-state index in [4.69, 9.17) is 9.47 Å². The van der Waals surface area contributed by atoms with Crippen molar-refractivity contribution in [2.75, 3.05) is 19.8 Å². The highest BCUT2D eigenvalue weighted by molar-refractivity contribution is 5.86. The Kier molecular flexibility index (Phi) is 3.24. The first-order valence-electron chi connectivity index (χ1n) is 5.19. The number of esters is 1. The summed E-state index contributed by atoms with van der Waals surface area (Å²) in [6.07, 6.45) is 0. The third-order valence-electron chi connectivity index (χ3n) is 3.18. The number of carbonyl (C=O) groups excluding carboxylic acids is 1. The molecule has 1 saturated heterocycles. The van der Waals surface area contributed by atoms with Gasteiger partial charge in [0.1, 0.15) is 6.61 Å². The molecule has 0 spiro atoms. The van der Waals surface area contributed by atoms with Crippen LogP contribution in [-0.2, 0) is 14.3 Å². The van der Waals surface area contributed by atoms with E-state index >= 15 is 0 Å². The third-order valence-corrected chi connectivity index (χ3v) is 3.18. The van der Waals surface area contributed by atoms with Crippen molar-refractivity contribution in [3.63, 3.8) is 0 Å². The second-order valence-electron chi connectivity index (χ2n) is 5.38. The van der Waals surface area contributed by atoms with Gasteiger partial charge < -0.3 is 9.47 Å². The summed E-state index contributed by atoms with van der Waals surface area (Å²) in [7, 11) is 0. The van der Waals surface area contributed by atoms with E-state index in [2.05, 4.69) is 27.4 Å². The molecule has 0 aromatic rings. The topological polar surface area (TPSA) is 35.5 Å². The van der Waals surface area contributed by atoms with Crippen molar-refractivity contribution in [2.45, 2.75) is 27.7 Å². The standard InChI is InChI=1S/C12H20O3/c1-9(2)10(13)15-8-12(6-14-7-12)11(3,4)5/h1,6-8H2,2-5H3. The van der Waals surface area contributed by atoms with E-state index in [1.54, 1.807) is 6.92 Å². The van der Waals surface area contributed by atoms with Crippen LogP contribution in [0.15, 0.2) is 12.2 Å². The zero-order chi connectivity index (χ0) is 11.7. The molecule has 0 N–H and O–H groups in total. The van der Waals surface area contributed by atoms with Crippen molar-refractivity contribution in [3.05, 3.63) is 12.2 Å². The zero-order valence-electron chi connectivity index (χ0n) is 10.1. The predicted octanol–water partition coefficient (Wildman–Crippen LogP) is 2.17. The van der Waals surface area contributed by atoms with Gasteiger partial charge in [0, 0.05) is 5.57 Å². The van der Waals surface area contributed by atoms with E-state index in [1.807, 2.05) is 0 Å². The molecule has 0 amide bonds. The minimum atomic E-state index is -0.314. The van der Waals surface area contributed by atoms with Gasteiger partial charge in [0.05, 0.1) is 18.6 Å². The average Bonchev–Trinajstić information content (AvgIpc) is 1.98. The Morgan fingerprint density at radius 2 is 2.00 bits per heavy atom. The van der Waals surface area contributed by atoms with Crippen LogP contribution in [0, 0.1) is 10.8 Å². The molecule has 3 nitrogen and oxygen atoms in total. The minimum absolute atomic E-state index is 0.0297. The Bertz CT molecular complexity index is 269.